The number of ether oxygens (including phenoxy) is 1. The van der Waals surface area contributed by atoms with Crippen LogP contribution in [0.2, 0.25) is 0 Å². The standard InChI is InChI=1S/C11H13NO2/c1-14-11-4-2-3-9(12-11)7-10(13)8-5-6-8/h2-4,8H,5-7H2,1H3. The number of aromatic nitrogens is 1. The van der Waals surface area contributed by atoms with Gasteiger partial charge in [0.1, 0.15) is 5.78 Å². The number of carbonyl (C=O) groups is 1. The minimum absolute atomic E-state index is 0.308. The normalized spacial score (nSPS) is 15.2. The lowest BCUT2D eigenvalue weighted by Gasteiger charge is -2.01. The fourth-order valence-corrected chi connectivity index (χ4v) is 1.40. The second-order valence-electron chi connectivity index (χ2n) is 3.59. The average Bonchev–Trinajstić information content (AvgIpc) is 3.01. The maximum Gasteiger partial charge on any atom is 0.213 e. The molecule has 0 N–H and O–H groups in total. The van der Waals surface area contributed by atoms with Crippen molar-refractivity contribution in [3.8, 4) is 5.88 Å². The summed E-state index contributed by atoms with van der Waals surface area (Å²) in [5, 5.41) is 0. The molecular weight excluding hydrogens is 178 g/mol. The number of Topliss-reactive ketones (excluding diaryl/α,β-unsaturated/α-hetero) is 1. The van der Waals surface area contributed by atoms with Crippen LogP contribution in [0.3, 0.4) is 0 Å². The third kappa shape index (κ3) is 2.10. The monoisotopic (exact) mass is 191 g/mol. The number of methoxy groups -OCH3 is 1. The number of carbonyl (C=O) groups excluding carboxylic acids is 1. The zero-order valence-corrected chi connectivity index (χ0v) is 8.19. The molecule has 0 amide bonds. The van der Waals surface area contributed by atoms with Crippen LogP contribution in [0.5, 0.6) is 5.88 Å². The number of ketones is 1. The number of hydrogen-bond donors (Lipinski definition) is 0. The Hall–Kier alpha value is -1.38. The summed E-state index contributed by atoms with van der Waals surface area (Å²) in [6.07, 6.45) is 2.56. The van der Waals surface area contributed by atoms with Crippen LogP contribution in [0.25, 0.3) is 0 Å². The Morgan fingerprint density at radius 3 is 3.00 bits per heavy atom. The van der Waals surface area contributed by atoms with Gasteiger partial charge in [0, 0.05) is 18.4 Å². The van der Waals surface area contributed by atoms with Crippen molar-refractivity contribution >= 4 is 5.78 Å². The van der Waals surface area contributed by atoms with Crippen molar-refractivity contribution in [1.82, 2.24) is 4.98 Å². The molecule has 74 valence electrons. The predicted molar refractivity (Wildman–Crippen MR) is 52.2 cm³/mol. The highest BCUT2D eigenvalue weighted by Crippen LogP contribution is 2.30. The topological polar surface area (TPSA) is 39.2 Å². The summed E-state index contributed by atoms with van der Waals surface area (Å²) < 4.78 is 4.99. The molecule has 0 bridgehead atoms. The summed E-state index contributed by atoms with van der Waals surface area (Å²) in [5.41, 5.74) is 0.807. The van der Waals surface area contributed by atoms with Crippen molar-refractivity contribution in [2.75, 3.05) is 7.11 Å². The number of hydrogen-bond acceptors (Lipinski definition) is 3. The third-order valence-electron chi connectivity index (χ3n) is 2.38. The molecule has 1 saturated carbocycles. The van der Waals surface area contributed by atoms with E-state index in [1.807, 2.05) is 12.1 Å². The molecule has 1 heterocycles. The Morgan fingerprint density at radius 2 is 2.36 bits per heavy atom. The van der Waals surface area contributed by atoms with E-state index >= 15 is 0 Å². The van der Waals surface area contributed by atoms with E-state index in [0.717, 1.165) is 18.5 Å². The molecule has 0 unspecified atom stereocenters. The van der Waals surface area contributed by atoms with Crippen molar-refractivity contribution in [2.45, 2.75) is 19.3 Å². The van der Waals surface area contributed by atoms with Gasteiger partial charge < -0.3 is 4.74 Å². The summed E-state index contributed by atoms with van der Waals surface area (Å²) >= 11 is 0. The largest absolute Gasteiger partial charge is 0.481 e. The average molecular weight is 191 g/mol. The summed E-state index contributed by atoms with van der Waals surface area (Å²) in [7, 11) is 1.58. The van der Waals surface area contributed by atoms with Crippen LogP contribution in [0, 0.1) is 5.92 Å². The quantitative estimate of drug-likeness (QED) is 0.725. The molecule has 1 aliphatic rings. The zero-order chi connectivity index (χ0) is 9.97. The van der Waals surface area contributed by atoms with Crippen LogP contribution in [0.1, 0.15) is 18.5 Å². The van der Waals surface area contributed by atoms with Gasteiger partial charge in [0.05, 0.1) is 12.8 Å². The Labute approximate surface area is 83.1 Å². The van der Waals surface area contributed by atoms with Crippen molar-refractivity contribution in [1.29, 1.82) is 0 Å². The fraction of sp³-hybridized carbons (Fsp3) is 0.455. The van der Waals surface area contributed by atoms with E-state index in [1.54, 1.807) is 13.2 Å². The van der Waals surface area contributed by atoms with Gasteiger partial charge in [0.15, 0.2) is 0 Å². The zero-order valence-electron chi connectivity index (χ0n) is 8.19. The number of pyridine rings is 1. The molecular formula is C11H13NO2. The van der Waals surface area contributed by atoms with Crippen molar-refractivity contribution in [3.05, 3.63) is 23.9 Å². The lowest BCUT2D eigenvalue weighted by Crippen LogP contribution is -2.06. The molecule has 0 aliphatic heterocycles. The van der Waals surface area contributed by atoms with Crippen molar-refractivity contribution < 1.29 is 9.53 Å². The summed E-state index contributed by atoms with van der Waals surface area (Å²) in [6.45, 7) is 0. The van der Waals surface area contributed by atoms with Crippen LogP contribution in [-0.4, -0.2) is 17.9 Å². The highest BCUT2D eigenvalue weighted by molar-refractivity contribution is 5.84. The second-order valence-corrected chi connectivity index (χ2v) is 3.59. The first-order chi connectivity index (χ1) is 6.79. The Bertz CT molecular complexity index is 345. The minimum Gasteiger partial charge on any atom is -0.481 e. The molecule has 0 aromatic carbocycles. The van der Waals surface area contributed by atoms with Gasteiger partial charge >= 0.3 is 0 Å². The van der Waals surface area contributed by atoms with E-state index < -0.39 is 0 Å². The molecule has 3 heteroatoms. The highest BCUT2D eigenvalue weighted by atomic mass is 16.5. The molecule has 0 saturated heterocycles. The summed E-state index contributed by atoms with van der Waals surface area (Å²) in [4.78, 5) is 15.7. The summed E-state index contributed by atoms with van der Waals surface area (Å²) in [6, 6.07) is 5.51. The van der Waals surface area contributed by atoms with E-state index in [9.17, 15) is 4.79 Å². The van der Waals surface area contributed by atoms with Gasteiger partial charge in [-0.25, -0.2) is 4.98 Å². The lowest BCUT2D eigenvalue weighted by molar-refractivity contribution is -0.119. The number of nitrogens with zero attached hydrogens (tertiary/aromatic N) is 1. The van der Waals surface area contributed by atoms with Gasteiger partial charge in [-0.3, -0.25) is 4.79 Å². The molecule has 0 spiro atoms. The van der Waals surface area contributed by atoms with Crippen LogP contribution in [0.15, 0.2) is 18.2 Å². The van der Waals surface area contributed by atoms with Gasteiger partial charge in [-0.2, -0.15) is 0 Å². The van der Waals surface area contributed by atoms with Gasteiger partial charge in [-0.05, 0) is 18.9 Å². The Balaban J connectivity index is 2.04. The van der Waals surface area contributed by atoms with Crippen LogP contribution >= 0.6 is 0 Å². The SMILES string of the molecule is COc1cccc(CC(=O)C2CC2)n1. The maximum absolute atomic E-state index is 11.5. The maximum atomic E-state index is 11.5. The van der Waals surface area contributed by atoms with Crippen LogP contribution in [0.4, 0.5) is 0 Å². The molecule has 1 aliphatic carbocycles. The first-order valence-corrected chi connectivity index (χ1v) is 4.82. The van der Waals surface area contributed by atoms with E-state index in [0.29, 0.717) is 24.0 Å². The van der Waals surface area contributed by atoms with Gasteiger partial charge in [-0.15, -0.1) is 0 Å². The van der Waals surface area contributed by atoms with E-state index in [4.69, 9.17) is 4.74 Å². The number of rotatable bonds is 4. The third-order valence-corrected chi connectivity index (χ3v) is 2.38. The molecule has 1 aromatic heterocycles. The van der Waals surface area contributed by atoms with E-state index in [2.05, 4.69) is 4.98 Å². The fourth-order valence-electron chi connectivity index (χ4n) is 1.40. The second kappa shape index (κ2) is 3.78. The van der Waals surface area contributed by atoms with Crippen molar-refractivity contribution in [2.24, 2.45) is 5.92 Å². The van der Waals surface area contributed by atoms with Gasteiger partial charge in [-0.1, -0.05) is 6.07 Å². The first-order valence-electron chi connectivity index (χ1n) is 4.82. The van der Waals surface area contributed by atoms with E-state index in [1.165, 1.54) is 0 Å². The van der Waals surface area contributed by atoms with Crippen LogP contribution < -0.4 is 4.74 Å². The highest BCUT2D eigenvalue weighted by Gasteiger charge is 2.29. The van der Waals surface area contributed by atoms with Crippen LogP contribution in [-0.2, 0) is 11.2 Å². The van der Waals surface area contributed by atoms with Gasteiger partial charge in [0.2, 0.25) is 5.88 Å². The smallest absolute Gasteiger partial charge is 0.213 e. The van der Waals surface area contributed by atoms with Crippen molar-refractivity contribution in [3.63, 3.8) is 0 Å². The van der Waals surface area contributed by atoms with Gasteiger partial charge in [0.25, 0.3) is 0 Å². The Kier molecular flexibility index (Phi) is 2.48. The first kappa shape index (κ1) is 9.19. The predicted octanol–water partition coefficient (Wildman–Crippen LogP) is 1.61. The minimum atomic E-state index is 0.308. The summed E-state index contributed by atoms with van der Waals surface area (Å²) in [5.74, 6) is 1.19. The molecule has 0 atom stereocenters. The lowest BCUT2D eigenvalue weighted by atomic mass is 10.1. The Morgan fingerprint density at radius 1 is 1.57 bits per heavy atom. The molecule has 1 aromatic rings. The molecule has 0 radical (unpaired) electrons. The molecule has 1 fully saturated rings. The van der Waals surface area contributed by atoms with E-state index in [-0.39, 0.29) is 0 Å². The molecule has 14 heavy (non-hydrogen) atoms. The molecule has 3 nitrogen and oxygen atoms in total. The molecule has 2 rings (SSSR count).